The summed E-state index contributed by atoms with van der Waals surface area (Å²) in [7, 11) is 2.17. The van der Waals surface area contributed by atoms with E-state index in [2.05, 4.69) is 42.9 Å². The van der Waals surface area contributed by atoms with Gasteiger partial charge in [0, 0.05) is 44.8 Å². The lowest BCUT2D eigenvalue weighted by atomic mass is 9.73. The van der Waals surface area contributed by atoms with Crippen molar-refractivity contribution in [2.45, 2.75) is 52.5 Å². The van der Waals surface area contributed by atoms with Crippen molar-refractivity contribution in [2.75, 3.05) is 39.8 Å². The number of allylic oxidation sites excluding steroid dienone is 1. The Bertz CT molecular complexity index is 409. The van der Waals surface area contributed by atoms with Crippen LogP contribution in [0.2, 0.25) is 0 Å². The second-order valence-electron chi connectivity index (χ2n) is 7.77. The Labute approximate surface area is 135 Å². The van der Waals surface area contributed by atoms with Crippen LogP contribution in [0.1, 0.15) is 46.5 Å². The van der Waals surface area contributed by atoms with Crippen LogP contribution < -0.4 is 5.32 Å². The van der Waals surface area contributed by atoms with E-state index in [9.17, 15) is 4.79 Å². The zero-order chi connectivity index (χ0) is 16.2. The van der Waals surface area contributed by atoms with Crippen LogP contribution in [0.3, 0.4) is 0 Å². The third-order valence-corrected chi connectivity index (χ3v) is 5.19. The van der Waals surface area contributed by atoms with Crippen LogP contribution in [0.5, 0.6) is 0 Å². The van der Waals surface area contributed by atoms with Crippen LogP contribution in [-0.2, 0) is 4.79 Å². The second-order valence-corrected chi connectivity index (χ2v) is 7.77. The summed E-state index contributed by atoms with van der Waals surface area (Å²) in [6.45, 7) is 12.0. The Hall–Kier alpha value is -0.870. The minimum absolute atomic E-state index is 0.0894. The maximum atomic E-state index is 12.3. The number of carbonyl (C=O) groups excluding carboxylic acids is 1. The first kappa shape index (κ1) is 17.5. The van der Waals surface area contributed by atoms with Gasteiger partial charge in [0.2, 0.25) is 5.91 Å². The Morgan fingerprint density at radius 3 is 2.59 bits per heavy atom. The topological polar surface area (TPSA) is 35.6 Å². The van der Waals surface area contributed by atoms with Gasteiger partial charge < -0.3 is 10.2 Å². The van der Waals surface area contributed by atoms with Gasteiger partial charge in [-0.2, -0.15) is 0 Å². The Morgan fingerprint density at radius 2 is 1.95 bits per heavy atom. The normalized spacial score (nSPS) is 26.8. The Balaban J connectivity index is 1.81. The molecule has 1 N–H and O–H groups in total. The highest BCUT2D eigenvalue weighted by molar-refractivity contribution is 5.88. The van der Waals surface area contributed by atoms with Crippen molar-refractivity contribution in [3.05, 3.63) is 11.6 Å². The summed E-state index contributed by atoms with van der Waals surface area (Å²) in [5.41, 5.74) is 1.51. The molecule has 1 aliphatic carbocycles. The number of nitrogens with zero attached hydrogens (tertiary/aromatic N) is 2. The van der Waals surface area contributed by atoms with Gasteiger partial charge in [0.25, 0.3) is 0 Å². The highest BCUT2D eigenvalue weighted by Crippen LogP contribution is 2.39. The number of amides is 1. The molecule has 1 unspecified atom stereocenters. The lowest BCUT2D eigenvalue weighted by Crippen LogP contribution is -2.49. The fraction of sp³-hybridized carbons (Fsp3) is 0.833. The summed E-state index contributed by atoms with van der Waals surface area (Å²) < 4.78 is 0. The van der Waals surface area contributed by atoms with E-state index in [1.165, 1.54) is 24.8 Å². The molecule has 4 heteroatoms. The largest absolute Gasteiger partial charge is 0.349 e. The van der Waals surface area contributed by atoms with Crippen LogP contribution in [0.15, 0.2) is 11.6 Å². The first-order valence-corrected chi connectivity index (χ1v) is 8.79. The number of nitrogens with one attached hydrogen (secondary N) is 1. The quantitative estimate of drug-likeness (QED) is 0.809. The molecule has 2 fully saturated rings. The molecule has 0 bridgehead atoms. The zero-order valence-electron chi connectivity index (χ0n) is 14.8. The SMILES string of the molecule is CC(CN1CCN(C)CC1)NC(=O)/C=C1/CCCCC1(C)C. The van der Waals surface area contributed by atoms with Gasteiger partial charge in [-0.1, -0.05) is 25.8 Å². The minimum atomic E-state index is 0.0894. The molecule has 126 valence electrons. The minimum Gasteiger partial charge on any atom is -0.349 e. The summed E-state index contributed by atoms with van der Waals surface area (Å²) in [5, 5.41) is 3.15. The molecule has 1 atom stereocenters. The first-order chi connectivity index (χ1) is 10.4. The van der Waals surface area contributed by atoms with Gasteiger partial charge in [-0.15, -0.1) is 0 Å². The van der Waals surface area contributed by atoms with Gasteiger partial charge in [0.15, 0.2) is 0 Å². The molecule has 1 saturated carbocycles. The first-order valence-electron chi connectivity index (χ1n) is 8.79. The van der Waals surface area contributed by atoms with Crippen LogP contribution in [0.4, 0.5) is 0 Å². The molecule has 22 heavy (non-hydrogen) atoms. The highest BCUT2D eigenvalue weighted by atomic mass is 16.1. The molecular weight excluding hydrogens is 274 g/mol. The average Bonchev–Trinajstić information content (AvgIpc) is 2.43. The summed E-state index contributed by atoms with van der Waals surface area (Å²) in [4.78, 5) is 17.1. The maximum Gasteiger partial charge on any atom is 0.244 e. The van der Waals surface area contributed by atoms with Crippen LogP contribution >= 0.6 is 0 Å². The van der Waals surface area contributed by atoms with E-state index in [0.29, 0.717) is 0 Å². The number of hydrogen-bond acceptors (Lipinski definition) is 3. The van der Waals surface area contributed by atoms with Crippen LogP contribution in [0.25, 0.3) is 0 Å². The van der Waals surface area contributed by atoms with Crippen LogP contribution in [-0.4, -0.2) is 61.5 Å². The lowest BCUT2D eigenvalue weighted by molar-refractivity contribution is -0.117. The second kappa shape index (κ2) is 7.60. The van der Waals surface area contributed by atoms with Gasteiger partial charge in [-0.05, 0) is 38.6 Å². The Morgan fingerprint density at radius 1 is 1.27 bits per heavy atom. The summed E-state index contributed by atoms with van der Waals surface area (Å²) in [5.74, 6) is 0.0894. The molecule has 0 spiro atoms. The number of rotatable bonds is 4. The molecule has 1 heterocycles. The van der Waals surface area contributed by atoms with E-state index >= 15 is 0 Å². The molecule has 1 amide bonds. The van der Waals surface area contributed by atoms with Gasteiger partial charge >= 0.3 is 0 Å². The van der Waals surface area contributed by atoms with E-state index in [1.807, 2.05) is 6.08 Å². The number of hydrogen-bond donors (Lipinski definition) is 1. The standard InChI is InChI=1S/C18H33N3O/c1-15(14-21-11-9-20(4)10-12-21)19-17(22)13-16-7-5-6-8-18(16,2)3/h13,15H,5-12,14H2,1-4H3,(H,19,22)/b16-13-. The number of likely N-dealkylation sites (N-methyl/N-ethyl adjacent to an activating group) is 1. The number of piperazine rings is 1. The van der Waals surface area contributed by atoms with Crippen molar-refractivity contribution >= 4 is 5.91 Å². The molecule has 0 radical (unpaired) electrons. The van der Waals surface area contributed by atoms with Crippen molar-refractivity contribution in [3.8, 4) is 0 Å². The fourth-order valence-corrected chi connectivity index (χ4v) is 3.56. The molecular formula is C18H33N3O. The average molecular weight is 307 g/mol. The van der Waals surface area contributed by atoms with E-state index in [-0.39, 0.29) is 17.4 Å². The van der Waals surface area contributed by atoms with Crippen molar-refractivity contribution in [1.29, 1.82) is 0 Å². The van der Waals surface area contributed by atoms with Gasteiger partial charge in [-0.3, -0.25) is 9.69 Å². The van der Waals surface area contributed by atoms with Gasteiger partial charge in [0.05, 0.1) is 0 Å². The summed E-state index contributed by atoms with van der Waals surface area (Å²) in [6, 6.07) is 0.208. The molecule has 1 aliphatic heterocycles. The van der Waals surface area contributed by atoms with E-state index < -0.39 is 0 Å². The van der Waals surface area contributed by atoms with E-state index in [1.54, 1.807) is 0 Å². The molecule has 2 rings (SSSR count). The lowest BCUT2D eigenvalue weighted by Gasteiger charge is -2.34. The molecule has 4 nitrogen and oxygen atoms in total. The fourth-order valence-electron chi connectivity index (χ4n) is 3.56. The van der Waals surface area contributed by atoms with E-state index in [0.717, 1.165) is 39.1 Å². The van der Waals surface area contributed by atoms with Crippen molar-refractivity contribution in [1.82, 2.24) is 15.1 Å². The maximum absolute atomic E-state index is 12.3. The predicted octanol–water partition coefficient (Wildman–Crippen LogP) is 2.27. The van der Waals surface area contributed by atoms with Crippen molar-refractivity contribution < 1.29 is 4.79 Å². The highest BCUT2D eigenvalue weighted by Gasteiger charge is 2.27. The molecule has 0 aromatic heterocycles. The molecule has 0 aromatic carbocycles. The predicted molar refractivity (Wildman–Crippen MR) is 91.9 cm³/mol. The third-order valence-electron chi connectivity index (χ3n) is 5.19. The monoisotopic (exact) mass is 307 g/mol. The smallest absolute Gasteiger partial charge is 0.244 e. The third kappa shape index (κ3) is 5.10. The van der Waals surface area contributed by atoms with Gasteiger partial charge in [-0.25, -0.2) is 0 Å². The molecule has 0 aromatic rings. The summed E-state index contributed by atoms with van der Waals surface area (Å²) >= 11 is 0. The Kier molecular flexibility index (Phi) is 6.04. The summed E-state index contributed by atoms with van der Waals surface area (Å²) in [6.07, 6.45) is 6.65. The van der Waals surface area contributed by atoms with E-state index in [4.69, 9.17) is 0 Å². The van der Waals surface area contributed by atoms with Crippen molar-refractivity contribution in [3.63, 3.8) is 0 Å². The number of carbonyl (C=O) groups is 1. The molecule has 2 aliphatic rings. The van der Waals surface area contributed by atoms with Gasteiger partial charge in [0.1, 0.15) is 0 Å². The molecule has 1 saturated heterocycles. The zero-order valence-corrected chi connectivity index (χ0v) is 14.8. The van der Waals surface area contributed by atoms with Crippen LogP contribution in [0, 0.1) is 5.41 Å². The van der Waals surface area contributed by atoms with Crippen molar-refractivity contribution in [2.24, 2.45) is 5.41 Å².